The van der Waals surface area contributed by atoms with Gasteiger partial charge in [0.25, 0.3) is 0 Å². The second-order valence-electron chi connectivity index (χ2n) is 10.0. The van der Waals surface area contributed by atoms with E-state index in [-0.39, 0.29) is 24.0 Å². The summed E-state index contributed by atoms with van der Waals surface area (Å²) in [5.41, 5.74) is 9.49. The van der Waals surface area contributed by atoms with Gasteiger partial charge in [0.1, 0.15) is 6.33 Å². The molecule has 1 aromatic heterocycles. The maximum Gasteiger partial charge on any atom is 0.179 e. The van der Waals surface area contributed by atoms with Gasteiger partial charge in [0.2, 0.25) is 0 Å². The molecule has 1 aliphatic carbocycles. The molecule has 7 heteroatoms. The lowest BCUT2D eigenvalue weighted by atomic mass is 10.0. The molecule has 1 heterocycles. The van der Waals surface area contributed by atoms with Crippen molar-refractivity contribution in [3.8, 4) is 0 Å². The maximum atomic E-state index is 12.1. The molecule has 0 fully saturated rings. The molecule has 2 unspecified atom stereocenters. The first-order valence-corrected chi connectivity index (χ1v) is 17.0. The minimum atomic E-state index is 0.0103. The van der Waals surface area contributed by atoms with E-state index in [9.17, 15) is 4.79 Å². The zero-order valence-electron chi connectivity index (χ0n) is 27.1. The number of hydrogen-bond donors (Lipinski definition) is 1. The van der Waals surface area contributed by atoms with Crippen LogP contribution in [0.4, 0.5) is 0 Å². The van der Waals surface area contributed by atoms with Gasteiger partial charge in [0.15, 0.2) is 5.78 Å². The number of ether oxygens (including phenoxy) is 1. The molecule has 0 bridgehead atoms. The van der Waals surface area contributed by atoms with Gasteiger partial charge in [0, 0.05) is 31.6 Å². The van der Waals surface area contributed by atoms with Crippen LogP contribution in [0.3, 0.4) is 0 Å². The third kappa shape index (κ3) is 18.9. The molecule has 1 aromatic rings. The molecule has 2 atom stereocenters. The Morgan fingerprint density at radius 1 is 1.13 bits per heavy atom. The van der Waals surface area contributed by atoms with Crippen molar-refractivity contribution in [1.29, 1.82) is 0 Å². The number of Topliss-reactive ketones (excluding diaryl/α,β-unsaturated/α-hetero) is 1. The fourth-order valence-electron chi connectivity index (χ4n) is 3.58. The van der Waals surface area contributed by atoms with Crippen molar-refractivity contribution >= 4 is 13.7 Å². The van der Waals surface area contributed by atoms with Gasteiger partial charge < -0.3 is 15.0 Å². The van der Waals surface area contributed by atoms with Crippen molar-refractivity contribution in [2.45, 2.75) is 113 Å². The smallest absolute Gasteiger partial charge is 0.179 e. The van der Waals surface area contributed by atoms with Crippen molar-refractivity contribution in [3.05, 3.63) is 59.5 Å². The number of allylic oxidation sites excluding steroid dienone is 2. The Morgan fingerprint density at radius 2 is 1.77 bits per heavy atom. The monoisotopic (exact) mass is 562 g/mol. The molecule has 0 saturated carbocycles. The van der Waals surface area contributed by atoms with E-state index in [1.807, 2.05) is 72.2 Å². The zero-order valence-corrected chi connectivity index (χ0v) is 28.0. The first-order chi connectivity index (χ1) is 18.4. The second kappa shape index (κ2) is 24.0. The van der Waals surface area contributed by atoms with Gasteiger partial charge in [-0.1, -0.05) is 64.3 Å². The van der Waals surface area contributed by atoms with E-state index in [1.54, 1.807) is 12.4 Å². The minimum Gasteiger partial charge on any atom is -0.370 e. The van der Waals surface area contributed by atoms with Crippen LogP contribution in [0.15, 0.2) is 42.5 Å². The van der Waals surface area contributed by atoms with Crippen LogP contribution in [0.1, 0.15) is 102 Å². The molecule has 0 aromatic carbocycles. The van der Waals surface area contributed by atoms with Crippen LogP contribution in [0.25, 0.3) is 0 Å². The average Bonchev–Trinajstić information content (AvgIpc) is 2.93. The van der Waals surface area contributed by atoms with Gasteiger partial charge in [-0.25, -0.2) is 9.97 Å². The van der Waals surface area contributed by atoms with Crippen LogP contribution >= 0.6 is 7.92 Å². The van der Waals surface area contributed by atoms with E-state index in [2.05, 4.69) is 43.2 Å². The Morgan fingerprint density at radius 3 is 2.31 bits per heavy atom. The molecule has 0 radical (unpaired) electrons. The molecule has 0 spiro atoms. The summed E-state index contributed by atoms with van der Waals surface area (Å²) in [7, 11) is 2.25. The molecule has 224 valence electrons. The van der Waals surface area contributed by atoms with Crippen LogP contribution in [-0.4, -0.2) is 58.1 Å². The molecule has 0 saturated heterocycles. The molecular weight excluding hydrogens is 503 g/mol. The van der Waals surface area contributed by atoms with Gasteiger partial charge >= 0.3 is 0 Å². The Hall–Kier alpha value is -1.88. The summed E-state index contributed by atoms with van der Waals surface area (Å²) in [6, 6.07) is 0.0103. The Balaban J connectivity index is 0. The summed E-state index contributed by atoms with van der Waals surface area (Å²) >= 11 is 0. The van der Waals surface area contributed by atoms with E-state index in [4.69, 9.17) is 10.5 Å². The van der Waals surface area contributed by atoms with E-state index in [0.717, 1.165) is 17.7 Å². The Labute approximate surface area is 242 Å². The van der Waals surface area contributed by atoms with Crippen molar-refractivity contribution in [2.75, 3.05) is 19.5 Å². The van der Waals surface area contributed by atoms with Crippen LogP contribution in [-0.2, 0) is 11.8 Å². The van der Waals surface area contributed by atoms with Crippen LogP contribution in [0, 0.1) is 13.8 Å². The summed E-state index contributed by atoms with van der Waals surface area (Å²) in [6.07, 6.45) is 18.4. The molecule has 6 nitrogen and oxygen atoms in total. The number of ketones is 1. The predicted molar refractivity (Wildman–Crippen MR) is 173 cm³/mol. The molecule has 2 rings (SSSR count). The van der Waals surface area contributed by atoms with Crippen LogP contribution in [0.2, 0.25) is 0 Å². The first kappa shape index (κ1) is 39.3. The van der Waals surface area contributed by atoms with E-state index < -0.39 is 0 Å². The lowest BCUT2D eigenvalue weighted by molar-refractivity contribution is 0.0281. The number of hydrogen-bond acceptors (Lipinski definition) is 5. The summed E-state index contributed by atoms with van der Waals surface area (Å²) in [5.74, 6) is 0.147. The lowest BCUT2D eigenvalue weighted by Gasteiger charge is -2.24. The van der Waals surface area contributed by atoms with Gasteiger partial charge in [-0.2, -0.15) is 0 Å². The van der Waals surface area contributed by atoms with E-state index in [0.29, 0.717) is 20.0 Å². The van der Waals surface area contributed by atoms with Gasteiger partial charge in [-0.3, -0.25) is 4.79 Å². The number of aromatic nitrogens is 3. The molecule has 0 aliphatic heterocycles. The normalized spacial score (nSPS) is 15.6. The Bertz CT molecular complexity index is 905. The number of carbonyl (C=O) groups is 1. The minimum absolute atomic E-state index is 0.0103. The first-order valence-electron chi connectivity index (χ1n) is 14.6. The largest absolute Gasteiger partial charge is 0.370 e. The van der Waals surface area contributed by atoms with Gasteiger partial charge in [-0.05, 0) is 72.5 Å². The maximum absolute atomic E-state index is 12.1. The summed E-state index contributed by atoms with van der Waals surface area (Å²) in [6.45, 7) is 22.9. The fourth-order valence-corrected chi connectivity index (χ4v) is 4.43. The molecular formula is C32H59N4O2P. The highest BCUT2D eigenvalue weighted by atomic mass is 31.1. The lowest BCUT2D eigenvalue weighted by Crippen LogP contribution is -2.36. The van der Waals surface area contributed by atoms with Crippen molar-refractivity contribution in [3.63, 3.8) is 0 Å². The second-order valence-corrected chi connectivity index (χ2v) is 12.6. The number of rotatable bonds is 9. The quantitative estimate of drug-likeness (QED) is 0.187. The number of carbonyl (C=O) groups excluding carboxylic acids is 1. The third-order valence-electron chi connectivity index (χ3n) is 5.71. The predicted octanol–water partition coefficient (Wildman–Crippen LogP) is 8.11. The number of nitrogens with zero attached hydrogens (tertiary/aromatic N) is 3. The number of unbranched alkanes of at least 4 members (excludes halogenated alkanes) is 2. The van der Waals surface area contributed by atoms with Crippen molar-refractivity contribution in [2.24, 2.45) is 12.8 Å². The highest BCUT2D eigenvalue weighted by Crippen LogP contribution is 2.25. The van der Waals surface area contributed by atoms with Crippen molar-refractivity contribution in [1.82, 2.24) is 14.5 Å². The summed E-state index contributed by atoms with van der Waals surface area (Å²) in [4.78, 5) is 20.3. The molecule has 0 amide bonds. The van der Waals surface area contributed by atoms with Crippen molar-refractivity contribution < 1.29 is 9.53 Å². The standard InChI is InChI=1S/C13H19N3O.C10H17NO.C7H17P.C2H6/c1-5-6-12(17)13-10(2)11(3)15-9-14-7-8-16(13)4;1-7(2)12-10-6-8(3)4-5-9(10)11;1-4-5-6-7-8(2)3;1-2/h7-9H,5-6H2,1-4H3;4-7,9-10H,11H2,1-3H3;4-7H2,1-3H3;1-2H3. The summed E-state index contributed by atoms with van der Waals surface area (Å²) < 4.78 is 7.44. The highest BCUT2D eigenvalue weighted by Gasteiger charge is 2.17. The zero-order chi connectivity index (χ0) is 30.4. The number of nitrogens with two attached hydrogens (primary N) is 1. The molecule has 39 heavy (non-hydrogen) atoms. The number of aryl methyl sites for hydroxylation is 2. The van der Waals surface area contributed by atoms with Crippen LogP contribution in [0.5, 0.6) is 0 Å². The van der Waals surface area contributed by atoms with Crippen LogP contribution < -0.4 is 5.73 Å². The van der Waals surface area contributed by atoms with E-state index >= 15 is 0 Å². The Kier molecular flexibility index (Phi) is 24.1. The summed E-state index contributed by atoms with van der Waals surface area (Å²) in [5, 5.41) is 0. The highest BCUT2D eigenvalue weighted by molar-refractivity contribution is 7.55. The van der Waals surface area contributed by atoms with Gasteiger partial charge in [0.05, 0.1) is 23.9 Å². The molecule has 1 aliphatic rings. The third-order valence-corrected chi connectivity index (χ3v) is 6.92. The fraction of sp³-hybridized carbons (Fsp3) is 0.656. The topological polar surface area (TPSA) is 83.0 Å². The van der Waals surface area contributed by atoms with Gasteiger partial charge in [-0.15, -0.1) is 7.92 Å². The SMILES string of the molecule is CC.CC1=CC(OC(C)C)C(N)C=C1.CCCC(=O)c1c(C)c(C)ncnccn1C.CCCCCP(C)C. The molecule has 2 N–H and O–H groups in total. The van der Waals surface area contributed by atoms with E-state index in [1.165, 1.54) is 37.3 Å². The average molecular weight is 563 g/mol.